The maximum absolute atomic E-state index is 13.3. The van der Waals surface area contributed by atoms with Gasteiger partial charge < -0.3 is 15.0 Å². The zero-order valence-electron chi connectivity index (χ0n) is 17.9. The number of nitrogens with one attached hydrogen (secondary N) is 1. The minimum atomic E-state index is -0.446. The third-order valence-corrected chi connectivity index (χ3v) is 7.74. The van der Waals surface area contributed by atoms with E-state index in [9.17, 15) is 14.7 Å². The number of thiazole rings is 1. The first-order valence-electron chi connectivity index (χ1n) is 10.3. The quantitative estimate of drug-likeness (QED) is 0.293. The molecule has 35 heavy (non-hydrogen) atoms. The zero-order chi connectivity index (χ0) is 24.4. The van der Waals surface area contributed by atoms with Crippen LogP contribution in [0.25, 0.3) is 11.3 Å². The van der Waals surface area contributed by atoms with E-state index in [1.54, 1.807) is 29.9 Å². The largest absolute Gasteiger partial charge is 0.507 e. The molecule has 0 radical (unpaired) electrons. The number of carbonyl (C=O) groups excluding carboxylic acids is 1. The summed E-state index contributed by atoms with van der Waals surface area (Å²) in [5.74, 6) is -0.298. The van der Waals surface area contributed by atoms with Crippen LogP contribution in [0.4, 0.5) is 5.82 Å². The van der Waals surface area contributed by atoms with Crippen LogP contribution in [0.5, 0.6) is 5.75 Å². The number of hydrogen-bond acceptors (Lipinski definition) is 10. The normalized spacial score (nSPS) is 11.1. The summed E-state index contributed by atoms with van der Waals surface area (Å²) in [5, 5.41) is 22.0. The maximum Gasteiger partial charge on any atom is 0.309 e. The Morgan fingerprint density at radius 3 is 2.86 bits per heavy atom. The van der Waals surface area contributed by atoms with E-state index in [0.717, 1.165) is 15.1 Å². The van der Waals surface area contributed by atoms with Crippen LogP contribution in [0, 0.1) is 0 Å². The number of aromatic nitrogens is 5. The van der Waals surface area contributed by atoms with E-state index in [0.29, 0.717) is 29.7 Å². The van der Waals surface area contributed by atoms with Gasteiger partial charge in [0.25, 0.3) is 5.56 Å². The molecule has 0 amide bonds. The molecule has 0 spiro atoms. The number of halogens is 1. The standard InChI is InChI=1S/C22H17ClN6O3S3/c23-17-2-1-14(35-17)11-25-18-9-15(27-29(18)22(32)20-24-5-8-33-20)19-16(30)4-7-28(21(19)31)6-3-13-10-26-34-12-13/h1-2,4-5,7-10,12,25,30H,3,6,11H2. The van der Waals surface area contributed by atoms with E-state index in [2.05, 4.69) is 19.8 Å². The summed E-state index contributed by atoms with van der Waals surface area (Å²) >= 11 is 9.98. The number of rotatable bonds is 8. The lowest BCUT2D eigenvalue weighted by atomic mass is 10.1. The second kappa shape index (κ2) is 10.1. The number of aromatic hydroxyl groups is 1. The van der Waals surface area contributed by atoms with Crippen LogP contribution in [0.1, 0.15) is 20.2 Å². The predicted molar refractivity (Wildman–Crippen MR) is 138 cm³/mol. The summed E-state index contributed by atoms with van der Waals surface area (Å²) in [6.45, 7) is 0.806. The van der Waals surface area contributed by atoms with Gasteiger partial charge in [-0.1, -0.05) is 11.6 Å². The van der Waals surface area contributed by atoms with Crippen LogP contribution in [-0.4, -0.2) is 34.7 Å². The van der Waals surface area contributed by atoms with Crippen molar-refractivity contribution in [3.05, 3.63) is 83.8 Å². The van der Waals surface area contributed by atoms with Gasteiger partial charge >= 0.3 is 5.91 Å². The van der Waals surface area contributed by atoms with Crippen molar-refractivity contribution in [3.63, 3.8) is 0 Å². The molecule has 13 heteroatoms. The van der Waals surface area contributed by atoms with Gasteiger partial charge in [-0.05, 0) is 41.7 Å². The third kappa shape index (κ3) is 5.05. The molecule has 0 aromatic carbocycles. The van der Waals surface area contributed by atoms with Crippen molar-refractivity contribution in [2.24, 2.45) is 0 Å². The van der Waals surface area contributed by atoms with E-state index in [-0.39, 0.29) is 22.0 Å². The lowest BCUT2D eigenvalue weighted by molar-refractivity contribution is 0.0947. The average molecular weight is 545 g/mol. The number of nitrogens with zero attached hydrogens (tertiary/aromatic N) is 5. The summed E-state index contributed by atoms with van der Waals surface area (Å²) in [4.78, 5) is 31.4. The summed E-state index contributed by atoms with van der Waals surface area (Å²) in [6, 6.07) is 6.70. The monoisotopic (exact) mass is 544 g/mol. The Kier molecular flexibility index (Phi) is 6.77. The van der Waals surface area contributed by atoms with Crippen molar-refractivity contribution >= 4 is 57.5 Å². The van der Waals surface area contributed by atoms with Gasteiger partial charge in [0.05, 0.1) is 10.9 Å². The van der Waals surface area contributed by atoms with E-state index >= 15 is 0 Å². The molecule has 0 bridgehead atoms. The minimum absolute atomic E-state index is 0.0175. The van der Waals surface area contributed by atoms with Gasteiger partial charge in [-0.3, -0.25) is 9.59 Å². The number of pyridine rings is 1. The molecular formula is C22H17ClN6O3S3. The summed E-state index contributed by atoms with van der Waals surface area (Å²) in [7, 11) is 0. The first-order valence-corrected chi connectivity index (χ1v) is 13.2. The Balaban J connectivity index is 1.50. The number of carbonyl (C=O) groups is 1. The van der Waals surface area contributed by atoms with Crippen LogP contribution in [0.3, 0.4) is 0 Å². The van der Waals surface area contributed by atoms with Crippen molar-refractivity contribution in [2.75, 3.05) is 5.32 Å². The van der Waals surface area contributed by atoms with Crippen LogP contribution in [-0.2, 0) is 19.5 Å². The molecule has 5 rings (SSSR count). The first-order chi connectivity index (χ1) is 17.0. The molecule has 0 aliphatic heterocycles. The lowest BCUT2D eigenvalue weighted by Crippen LogP contribution is -2.22. The van der Waals surface area contributed by atoms with Gasteiger partial charge in [0.2, 0.25) is 0 Å². The van der Waals surface area contributed by atoms with Crippen molar-refractivity contribution in [2.45, 2.75) is 19.5 Å². The molecule has 9 nitrogen and oxygen atoms in total. The molecule has 0 saturated carbocycles. The number of aryl methyl sites for hydroxylation is 2. The number of anilines is 1. The second-order valence-corrected chi connectivity index (χ2v) is 10.7. The first kappa shape index (κ1) is 23.4. The maximum atomic E-state index is 13.3. The highest BCUT2D eigenvalue weighted by Gasteiger charge is 2.22. The smallest absolute Gasteiger partial charge is 0.309 e. The Morgan fingerprint density at radius 2 is 2.14 bits per heavy atom. The molecule has 5 heterocycles. The number of thiophene rings is 1. The fourth-order valence-corrected chi connectivity index (χ4v) is 5.57. The van der Waals surface area contributed by atoms with Gasteiger partial charge in [0.1, 0.15) is 22.8 Å². The summed E-state index contributed by atoms with van der Waals surface area (Å²) < 4.78 is 7.41. The van der Waals surface area contributed by atoms with Crippen LogP contribution in [0.2, 0.25) is 4.34 Å². The highest BCUT2D eigenvalue weighted by atomic mass is 35.5. The zero-order valence-corrected chi connectivity index (χ0v) is 21.1. The summed E-state index contributed by atoms with van der Waals surface area (Å²) in [6.07, 6.45) is 5.46. The van der Waals surface area contributed by atoms with Crippen molar-refractivity contribution in [3.8, 4) is 17.0 Å². The van der Waals surface area contributed by atoms with E-state index in [1.807, 2.05) is 11.4 Å². The van der Waals surface area contributed by atoms with Gasteiger partial charge in [0, 0.05) is 46.8 Å². The Hall–Kier alpha value is -3.32. The summed E-state index contributed by atoms with van der Waals surface area (Å²) in [5.41, 5.74) is 0.811. The molecule has 5 aromatic heterocycles. The van der Waals surface area contributed by atoms with Crippen LogP contribution < -0.4 is 10.9 Å². The highest BCUT2D eigenvalue weighted by Crippen LogP contribution is 2.28. The van der Waals surface area contributed by atoms with Gasteiger partial charge in [-0.2, -0.15) is 9.78 Å². The molecule has 0 saturated heterocycles. The highest BCUT2D eigenvalue weighted by molar-refractivity contribution is 7.16. The van der Waals surface area contributed by atoms with E-state index in [1.165, 1.54) is 51.0 Å². The molecule has 2 N–H and O–H groups in total. The second-order valence-electron chi connectivity index (χ2n) is 7.39. The fraction of sp³-hybridized carbons (Fsp3) is 0.136. The van der Waals surface area contributed by atoms with Crippen molar-refractivity contribution in [1.82, 2.24) is 23.7 Å². The molecule has 5 aromatic rings. The van der Waals surface area contributed by atoms with Crippen molar-refractivity contribution < 1.29 is 9.90 Å². The molecule has 0 aliphatic carbocycles. The molecule has 0 unspecified atom stereocenters. The Bertz CT molecular complexity index is 1520. The van der Waals surface area contributed by atoms with Crippen molar-refractivity contribution in [1.29, 1.82) is 0 Å². The van der Waals surface area contributed by atoms with Gasteiger partial charge in [-0.15, -0.1) is 22.7 Å². The molecule has 178 valence electrons. The topological polar surface area (TPSA) is 115 Å². The molecule has 0 aliphatic rings. The average Bonchev–Trinajstić information content (AvgIpc) is 3.65. The molecule has 0 atom stereocenters. The molecule has 0 fully saturated rings. The lowest BCUT2D eigenvalue weighted by Gasteiger charge is -2.08. The SMILES string of the molecule is O=C(c1nccs1)n1nc(-c2c(O)ccn(CCc3cnsc3)c2=O)cc1NCc1ccc(Cl)s1. The Morgan fingerprint density at radius 1 is 1.26 bits per heavy atom. The van der Waals surface area contributed by atoms with Crippen LogP contribution in [0.15, 0.2) is 58.4 Å². The third-order valence-electron chi connectivity index (χ3n) is 5.11. The van der Waals surface area contributed by atoms with E-state index in [4.69, 9.17) is 11.6 Å². The van der Waals surface area contributed by atoms with Gasteiger partial charge in [0.15, 0.2) is 5.01 Å². The van der Waals surface area contributed by atoms with Gasteiger partial charge in [-0.25, -0.2) is 9.36 Å². The Labute approximate surface area is 216 Å². The molecular weight excluding hydrogens is 528 g/mol. The fourth-order valence-electron chi connectivity index (χ4n) is 3.41. The van der Waals surface area contributed by atoms with E-state index < -0.39 is 11.5 Å². The predicted octanol–water partition coefficient (Wildman–Crippen LogP) is 4.59. The minimum Gasteiger partial charge on any atom is -0.507 e. The van der Waals surface area contributed by atoms with Crippen LogP contribution >= 0.6 is 45.8 Å². The number of hydrogen-bond donors (Lipinski definition) is 2.